The van der Waals surface area contributed by atoms with Crippen LogP contribution in [0.15, 0.2) is 30.2 Å². The predicted octanol–water partition coefficient (Wildman–Crippen LogP) is 1.73. The van der Waals surface area contributed by atoms with Crippen molar-refractivity contribution in [2.75, 3.05) is 0 Å². The van der Waals surface area contributed by atoms with Crippen LogP contribution in [0.1, 0.15) is 11.1 Å². The van der Waals surface area contributed by atoms with Crippen molar-refractivity contribution in [2.24, 2.45) is 0 Å². The van der Waals surface area contributed by atoms with Crippen molar-refractivity contribution in [2.45, 2.75) is 6.18 Å². The smallest absolute Gasteiger partial charge is 0.424 e. The second-order valence-corrected chi connectivity index (χ2v) is 2.90. The summed E-state index contributed by atoms with van der Waals surface area (Å²) >= 11 is 0. The maximum atomic E-state index is 12.2. The summed E-state index contributed by atoms with van der Waals surface area (Å²) < 4.78 is 36.7. The number of hydrogen-bond acceptors (Lipinski definition) is 2. The van der Waals surface area contributed by atoms with Gasteiger partial charge in [0.25, 0.3) is 0 Å². The van der Waals surface area contributed by atoms with E-state index in [2.05, 4.69) is 0 Å². The van der Waals surface area contributed by atoms with Crippen LogP contribution in [-0.4, -0.2) is 17.2 Å². The minimum absolute atomic E-state index is 0.262. The molecule has 6 heteroatoms. The molecule has 1 aromatic carbocycles. The summed E-state index contributed by atoms with van der Waals surface area (Å²) in [6.07, 6.45) is -3.18. The lowest BCUT2D eigenvalue weighted by atomic mass is 9.90. The van der Waals surface area contributed by atoms with E-state index in [4.69, 9.17) is 10.0 Å². The van der Waals surface area contributed by atoms with Crippen LogP contribution in [0.5, 0.6) is 0 Å². The van der Waals surface area contributed by atoms with Crippen molar-refractivity contribution in [3.63, 3.8) is 0 Å². The predicted molar refractivity (Wildman–Crippen MR) is 50.7 cm³/mol. The van der Waals surface area contributed by atoms with Crippen LogP contribution in [0.3, 0.4) is 0 Å². The maximum Gasteiger partial charge on any atom is 0.480 e. The van der Waals surface area contributed by atoms with Crippen molar-refractivity contribution in [3.8, 4) is 0 Å². The second kappa shape index (κ2) is 4.50. The van der Waals surface area contributed by atoms with Gasteiger partial charge in [-0.05, 0) is 17.7 Å². The minimum atomic E-state index is -4.39. The Labute approximate surface area is 84.8 Å². The highest BCUT2D eigenvalue weighted by molar-refractivity contribution is 6.48. The van der Waals surface area contributed by atoms with Gasteiger partial charge in [0.05, 0.1) is 5.56 Å². The number of rotatable bonds is 2. The molecule has 15 heavy (non-hydrogen) atoms. The molecule has 2 nitrogen and oxygen atoms in total. The number of halogens is 3. The summed E-state index contributed by atoms with van der Waals surface area (Å²) in [5.74, 6) is 0.982. The monoisotopic (exact) mass is 216 g/mol. The molecule has 0 aliphatic rings. The molecule has 0 bridgehead atoms. The quantitative estimate of drug-likeness (QED) is 0.739. The van der Waals surface area contributed by atoms with E-state index in [1.807, 2.05) is 0 Å². The highest BCUT2D eigenvalue weighted by Gasteiger charge is 2.30. The van der Waals surface area contributed by atoms with Gasteiger partial charge in [0, 0.05) is 0 Å². The lowest BCUT2D eigenvalue weighted by Gasteiger charge is -2.06. The van der Waals surface area contributed by atoms with Gasteiger partial charge >= 0.3 is 13.3 Å². The van der Waals surface area contributed by atoms with E-state index in [-0.39, 0.29) is 5.56 Å². The van der Waals surface area contributed by atoms with E-state index in [0.29, 0.717) is 0 Å². The molecule has 1 rings (SSSR count). The van der Waals surface area contributed by atoms with Crippen LogP contribution < -0.4 is 0 Å². The Morgan fingerprint density at radius 3 is 2.40 bits per heavy atom. The van der Waals surface area contributed by atoms with Crippen LogP contribution in [0.4, 0.5) is 13.2 Å². The number of benzene rings is 1. The van der Waals surface area contributed by atoms with Gasteiger partial charge in [0.15, 0.2) is 0 Å². The van der Waals surface area contributed by atoms with E-state index in [0.717, 1.165) is 18.1 Å². The van der Waals surface area contributed by atoms with Crippen LogP contribution in [0.2, 0.25) is 0 Å². The Morgan fingerprint density at radius 2 is 1.87 bits per heavy atom. The van der Waals surface area contributed by atoms with Gasteiger partial charge in [0.1, 0.15) is 0 Å². The standard InChI is InChI=1S/C9H8BF3O2/c11-9(12,13)8-3-1-2-7(6-8)4-5-10(14)15/h1-6,14-15H. The molecule has 0 fully saturated rings. The summed E-state index contributed by atoms with van der Waals surface area (Å²) in [5, 5.41) is 17.0. The van der Waals surface area contributed by atoms with E-state index >= 15 is 0 Å². The lowest BCUT2D eigenvalue weighted by Crippen LogP contribution is -2.06. The third-order valence-corrected chi connectivity index (χ3v) is 1.67. The third-order valence-electron chi connectivity index (χ3n) is 1.67. The molecule has 0 atom stereocenters. The molecule has 0 saturated heterocycles. The topological polar surface area (TPSA) is 40.5 Å². The summed E-state index contributed by atoms with van der Waals surface area (Å²) in [6.45, 7) is 0. The molecule has 1 aromatic rings. The molecule has 0 aromatic heterocycles. The van der Waals surface area contributed by atoms with Crippen molar-refractivity contribution >= 4 is 13.2 Å². The molecular formula is C9H8BF3O2. The molecule has 2 N–H and O–H groups in total. The zero-order valence-corrected chi connectivity index (χ0v) is 7.57. The van der Waals surface area contributed by atoms with Crippen molar-refractivity contribution in [1.82, 2.24) is 0 Å². The first kappa shape index (κ1) is 11.8. The largest absolute Gasteiger partial charge is 0.480 e. The van der Waals surface area contributed by atoms with Crippen LogP contribution in [-0.2, 0) is 6.18 Å². The van der Waals surface area contributed by atoms with Gasteiger partial charge in [-0.2, -0.15) is 13.2 Å². The Hall–Kier alpha value is -1.27. The highest BCUT2D eigenvalue weighted by Crippen LogP contribution is 2.29. The van der Waals surface area contributed by atoms with Crippen molar-refractivity contribution in [3.05, 3.63) is 41.4 Å². The van der Waals surface area contributed by atoms with Crippen molar-refractivity contribution < 1.29 is 23.2 Å². The molecule has 0 unspecified atom stereocenters. The first-order chi connectivity index (χ1) is 6.89. The maximum absolute atomic E-state index is 12.2. The molecular weight excluding hydrogens is 208 g/mol. The third kappa shape index (κ3) is 3.77. The van der Waals surface area contributed by atoms with Crippen LogP contribution in [0.25, 0.3) is 6.08 Å². The summed E-state index contributed by atoms with van der Waals surface area (Å²) in [6, 6.07) is 4.58. The first-order valence-electron chi connectivity index (χ1n) is 4.11. The molecule has 80 valence electrons. The summed E-state index contributed by atoms with van der Waals surface area (Å²) in [7, 11) is -1.67. The molecule has 0 radical (unpaired) electrons. The molecule has 0 spiro atoms. The van der Waals surface area contributed by atoms with Crippen LogP contribution >= 0.6 is 0 Å². The lowest BCUT2D eigenvalue weighted by molar-refractivity contribution is -0.137. The van der Waals surface area contributed by atoms with Gasteiger partial charge in [-0.3, -0.25) is 0 Å². The van der Waals surface area contributed by atoms with E-state index < -0.39 is 18.9 Å². The van der Waals surface area contributed by atoms with E-state index in [1.165, 1.54) is 18.2 Å². The number of hydrogen-bond donors (Lipinski definition) is 2. The minimum Gasteiger partial charge on any atom is -0.424 e. The van der Waals surface area contributed by atoms with Gasteiger partial charge in [0.2, 0.25) is 0 Å². The zero-order chi connectivity index (χ0) is 11.5. The van der Waals surface area contributed by atoms with Gasteiger partial charge in [-0.25, -0.2) is 0 Å². The summed E-state index contributed by atoms with van der Waals surface area (Å²) in [4.78, 5) is 0. The fourth-order valence-corrected chi connectivity index (χ4v) is 1.02. The Kier molecular flexibility index (Phi) is 3.54. The average molecular weight is 216 g/mol. The van der Waals surface area contributed by atoms with Gasteiger partial charge < -0.3 is 10.0 Å². The zero-order valence-electron chi connectivity index (χ0n) is 7.57. The van der Waals surface area contributed by atoms with Gasteiger partial charge in [-0.1, -0.05) is 24.2 Å². The first-order valence-corrected chi connectivity index (χ1v) is 4.11. The Balaban J connectivity index is 2.93. The highest BCUT2D eigenvalue weighted by atomic mass is 19.4. The Morgan fingerprint density at radius 1 is 1.20 bits per heavy atom. The Bertz CT molecular complexity index is 361. The molecule has 0 saturated carbocycles. The molecule has 0 amide bonds. The average Bonchev–Trinajstić information content (AvgIpc) is 2.14. The van der Waals surface area contributed by atoms with Crippen LogP contribution in [0, 0.1) is 0 Å². The molecule has 0 aliphatic carbocycles. The number of alkyl halides is 3. The molecule has 0 aliphatic heterocycles. The fourth-order valence-electron chi connectivity index (χ4n) is 1.02. The fraction of sp³-hybridized carbons (Fsp3) is 0.111. The SMILES string of the molecule is OB(O)C=Cc1cccc(C(F)(F)F)c1. The van der Waals surface area contributed by atoms with Gasteiger partial charge in [-0.15, -0.1) is 0 Å². The summed E-state index contributed by atoms with van der Waals surface area (Å²) in [5.41, 5.74) is -0.505. The van der Waals surface area contributed by atoms with E-state index in [1.54, 1.807) is 0 Å². The molecule has 0 heterocycles. The van der Waals surface area contributed by atoms with E-state index in [9.17, 15) is 13.2 Å². The second-order valence-electron chi connectivity index (χ2n) is 2.90. The van der Waals surface area contributed by atoms with Crippen molar-refractivity contribution in [1.29, 1.82) is 0 Å². The normalized spacial score (nSPS) is 12.1.